The van der Waals surface area contributed by atoms with Crippen molar-refractivity contribution >= 4 is 53.9 Å². The van der Waals surface area contributed by atoms with Crippen LogP contribution in [0.1, 0.15) is 0 Å². The number of pyridine rings is 1. The molecule has 2 heterocycles. The Morgan fingerprint density at radius 1 is 0.300 bits per heavy atom. The van der Waals surface area contributed by atoms with Gasteiger partial charge in [0.15, 0.2) is 17.5 Å². The summed E-state index contributed by atoms with van der Waals surface area (Å²) in [4.78, 5) is 20.2. The molecule has 0 aliphatic carbocycles. The van der Waals surface area contributed by atoms with Crippen LogP contribution >= 0.6 is 0 Å². The topological polar surface area (TPSA) is 51.6 Å². The van der Waals surface area contributed by atoms with Crippen molar-refractivity contribution in [3.63, 3.8) is 0 Å². The summed E-state index contributed by atoms with van der Waals surface area (Å²) in [6, 6.07) is 57.5. The van der Waals surface area contributed by atoms with Gasteiger partial charge in [0.05, 0.1) is 5.69 Å². The van der Waals surface area contributed by atoms with Crippen molar-refractivity contribution in [2.45, 2.75) is 0 Å². The molecule has 0 unspecified atom stereocenters. The van der Waals surface area contributed by atoms with Gasteiger partial charge in [-0.15, -0.1) is 0 Å². The van der Waals surface area contributed by atoms with E-state index in [9.17, 15) is 0 Å². The van der Waals surface area contributed by atoms with Gasteiger partial charge in [0.2, 0.25) is 0 Å². The molecule has 10 rings (SSSR count). The van der Waals surface area contributed by atoms with Crippen molar-refractivity contribution < 1.29 is 0 Å². The van der Waals surface area contributed by atoms with Crippen molar-refractivity contribution in [3.8, 4) is 45.4 Å². The number of nitrogens with zero attached hydrogens (tertiary/aromatic N) is 4. The maximum atomic E-state index is 5.18. The van der Waals surface area contributed by atoms with E-state index in [-0.39, 0.29) is 0 Å². The molecule has 10 aromatic rings. The molecule has 0 amide bonds. The maximum Gasteiger partial charge on any atom is 0.164 e. The van der Waals surface area contributed by atoms with Crippen LogP contribution in [-0.2, 0) is 0 Å². The molecule has 0 saturated heterocycles. The quantitative estimate of drug-likeness (QED) is 0.180. The Hall–Kier alpha value is -6.78. The molecule has 232 valence electrons. The van der Waals surface area contributed by atoms with Crippen molar-refractivity contribution in [3.05, 3.63) is 170 Å². The van der Waals surface area contributed by atoms with Gasteiger partial charge >= 0.3 is 0 Å². The van der Waals surface area contributed by atoms with E-state index >= 15 is 0 Å². The van der Waals surface area contributed by atoms with Crippen molar-refractivity contribution in [2.24, 2.45) is 0 Å². The minimum absolute atomic E-state index is 0.632. The van der Waals surface area contributed by atoms with Gasteiger partial charge in [-0.25, -0.2) is 15.0 Å². The van der Waals surface area contributed by atoms with Crippen LogP contribution < -0.4 is 0 Å². The lowest BCUT2D eigenvalue weighted by atomic mass is 9.99. The average molecular weight is 637 g/mol. The van der Waals surface area contributed by atoms with E-state index in [4.69, 9.17) is 19.9 Å². The van der Waals surface area contributed by atoms with E-state index in [1.165, 1.54) is 21.5 Å². The third kappa shape index (κ3) is 4.94. The number of fused-ring (bicyclic) bond motifs is 5. The Labute approximate surface area is 288 Å². The molecular weight excluding hydrogens is 609 g/mol. The molecule has 0 spiro atoms. The lowest BCUT2D eigenvalue weighted by molar-refractivity contribution is 1.08. The molecule has 4 heteroatoms. The summed E-state index contributed by atoms with van der Waals surface area (Å²) in [5.41, 5.74) is 4.86. The molecule has 0 radical (unpaired) electrons. The number of rotatable bonds is 4. The summed E-state index contributed by atoms with van der Waals surface area (Å²) in [5.74, 6) is 1.92. The molecule has 0 fully saturated rings. The SMILES string of the molecule is c1ccc2cc(-c3nc(-c4ccc5ccc(-c6cc7ccccc7cn6)cc5c4)nc(-c4cccc5cc6ccccc6cc45)n3)ccc2c1. The predicted octanol–water partition coefficient (Wildman–Crippen LogP) is 11.7. The van der Waals surface area contributed by atoms with Gasteiger partial charge in [-0.2, -0.15) is 0 Å². The first-order valence-electron chi connectivity index (χ1n) is 16.8. The molecule has 0 saturated carbocycles. The van der Waals surface area contributed by atoms with Crippen molar-refractivity contribution in [1.29, 1.82) is 0 Å². The van der Waals surface area contributed by atoms with E-state index in [1.807, 2.05) is 12.3 Å². The van der Waals surface area contributed by atoms with Gasteiger partial charge in [-0.1, -0.05) is 127 Å². The smallest absolute Gasteiger partial charge is 0.164 e. The highest BCUT2D eigenvalue weighted by molar-refractivity contribution is 6.04. The molecular formula is C46H28N4. The predicted molar refractivity (Wildman–Crippen MR) is 207 cm³/mol. The van der Waals surface area contributed by atoms with Gasteiger partial charge in [0.1, 0.15) is 0 Å². The highest BCUT2D eigenvalue weighted by Crippen LogP contribution is 2.34. The number of hydrogen-bond donors (Lipinski definition) is 0. The molecule has 0 atom stereocenters. The van der Waals surface area contributed by atoms with Crippen LogP contribution in [0.3, 0.4) is 0 Å². The fraction of sp³-hybridized carbons (Fsp3) is 0. The molecule has 50 heavy (non-hydrogen) atoms. The Kier molecular flexibility index (Phi) is 6.46. The van der Waals surface area contributed by atoms with E-state index in [2.05, 4.69) is 158 Å². The standard InChI is InChI=1S/C46H28N4/c1-2-9-31-23-37(20-17-29(31)8-1)44-48-45(50-46(49-44)41-15-7-14-35-22-32-10-3-4-11-33(32)26-42(35)41)38-21-18-30-16-19-36(24-40(30)25-38)43-27-34-12-5-6-13-39(34)28-47-43/h1-28H. The Morgan fingerprint density at radius 3 is 1.52 bits per heavy atom. The highest BCUT2D eigenvalue weighted by Gasteiger charge is 2.16. The highest BCUT2D eigenvalue weighted by atomic mass is 15.0. The summed E-state index contributed by atoms with van der Waals surface area (Å²) in [5, 5.41) is 11.5. The number of hydrogen-bond acceptors (Lipinski definition) is 4. The summed E-state index contributed by atoms with van der Waals surface area (Å²) in [6.07, 6.45) is 1.95. The first-order chi connectivity index (χ1) is 24.7. The Morgan fingerprint density at radius 2 is 0.800 bits per heavy atom. The fourth-order valence-corrected chi connectivity index (χ4v) is 7.03. The average Bonchev–Trinajstić information content (AvgIpc) is 3.18. The number of aromatic nitrogens is 4. The van der Waals surface area contributed by atoms with E-state index in [0.717, 1.165) is 60.3 Å². The van der Waals surface area contributed by atoms with Crippen LogP contribution in [-0.4, -0.2) is 19.9 Å². The van der Waals surface area contributed by atoms with E-state index in [0.29, 0.717) is 17.5 Å². The van der Waals surface area contributed by atoms with Gasteiger partial charge in [-0.05, 0) is 84.9 Å². The largest absolute Gasteiger partial charge is 0.256 e. The van der Waals surface area contributed by atoms with Crippen LogP contribution in [0.2, 0.25) is 0 Å². The van der Waals surface area contributed by atoms with Gasteiger partial charge in [0, 0.05) is 33.8 Å². The molecule has 0 bridgehead atoms. The second-order valence-corrected chi connectivity index (χ2v) is 12.8. The van der Waals surface area contributed by atoms with Crippen LogP contribution in [0.4, 0.5) is 0 Å². The first-order valence-corrected chi connectivity index (χ1v) is 16.8. The van der Waals surface area contributed by atoms with Crippen molar-refractivity contribution in [1.82, 2.24) is 19.9 Å². The van der Waals surface area contributed by atoms with Crippen LogP contribution in [0.5, 0.6) is 0 Å². The van der Waals surface area contributed by atoms with Crippen LogP contribution in [0, 0.1) is 0 Å². The lowest BCUT2D eigenvalue weighted by Crippen LogP contribution is -2.00. The summed E-state index contributed by atoms with van der Waals surface area (Å²) < 4.78 is 0. The summed E-state index contributed by atoms with van der Waals surface area (Å²) in [7, 11) is 0. The molecule has 2 aromatic heterocycles. The van der Waals surface area contributed by atoms with Crippen LogP contribution in [0.15, 0.2) is 170 Å². The normalized spacial score (nSPS) is 11.6. The maximum absolute atomic E-state index is 5.18. The third-order valence-corrected chi connectivity index (χ3v) is 9.66. The zero-order chi connectivity index (χ0) is 33.0. The van der Waals surface area contributed by atoms with Crippen molar-refractivity contribution in [2.75, 3.05) is 0 Å². The molecule has 0 aliphatic rings. The minimum Gasteiger partial charge on any atom is -0.256 e. The Balaban J connectivity index is 1.16. The monoisotopic (exact) mass is 636 g/mol. The second kappa shape index (κ2) is 11.4. The first kappa shape index (κ1) is 28.3. The van der Waals surface area contributed by atoms with Crippen LogP contribution in [0.25, 0.3) is 99.3 Å². The Bertz CT molecular complexity index is 2950. The molecule has 0 N–H and O–H groups in total. The lowest BCUT2D eigenvalue weighted by Gasteiger charge is -2.12. The van der Waals surface area contributed by atoms with Gasteiger partial charge < -0.3 is 0 Å². The van der Waals surface area contributed by atoms with E-state index in [1.54, 1.807) is 0 Å². The zero-order valence-electron chi connectivity index (χ0n) is 27.0. The minimum atomic E-state index is 0.632. The zero-order valence-corrected chi connectivity index (χ0v) is 27.0. The van der Waals surface area contributed by atoms with E-state index < -0.39 is 0 Å². The summed E-state index contributed by atoms with van der Waals surface area (Å²) in [6.45, 7) is 0. The molecule has 4 nitrogen and oxygen atoms in total. The van der Waals surface area contributed by atoms with Gasteiger partial charge in [0.25, 0.3) is 0 Å². The second-order valence-electron chi connectivity index (χ2n) is 12.8. The molecule has 8 aromatic carbocycles. The third-order valence-electron chi connectivity index (χ3n) is 9.66. The fourth-order valence-electron chi connectivity index (χ4n) is 7.03. The summed E-state index contributed by atoms with van der Waals surface area (Å²) >= 11 is 0. The molecule has 0 aliphatic heterocycles. The number of benzene rings is 8. The van der Waals surface area contributed by atoms with Gasteiger partial charge in [-0.3, -0.25) is 4.98 Å².